The molecule has 156 valence electrons. The number of nitrogens with one attached hydrogen (secondary N) is 1. The highest BCUT2D eigenvalue weighted by molar-refractivity contribution is 5.79. The first-order valence-corrected chi connectivity index (χ1v) is 9.98. The third kappa shape index (κ3) is 4.94. The van der Waals surface area contributed by atoms with Crippen molar-refractivity contribution in [1.82, 2.24) is 15.5 Å². The number of carbonyl (C=O) groups excluding carboxylic acids is 1. The molecule has 0 aliphatic carbocycles. The highest BCUT2D eigenvalue weighted by atomic mass is 19.1. The van der Waals surface area contributed by atoms with Gasteiger partial charge in [0.1, 0.15) is 23.9 Å². The summed E-state index contributed by atoms with van der Waals surface area (Å²) in [4.78, 5) is 14.6. The monoisotopic (exact) mass is 410 g/mol. The molecule has 0 unspecified atom stereocenters. The lowest BCUT2D eigenvalue weighted by atomic mass is 9.97. The zero-order chi connectivity index (χ0) is 20.8. The van der Waals surface area contributed by atoms with E-state index in [0.29, 0.717) is 36.9 Å². The number of amides is 1. The number of furan rings is 1. The minimum atomic E-state index is -0.308. The van der Waals surface area contributed by atoms with Gasteiger partial charge in [-0.2, -0.15) is 0 Å². The number of piperidine rings is 1. The van der Waals surface area contributed by atoms with Gasteiger partial charge >= 0.3 is 0 Å². The number of anilines is 1. The summed E-state index contributed by atoms with van der Waals surface area (Å²) in [6, 6.07) is 13.2. The summed E-state index contributed by atoms with van der Waals surface area (Å²) in [5.74, 6) is 1.58. The lowest BCUT2D eigenvalue weighted by Gasteiger charge is -2.32. The van der Waals surface area contributed by atoms with Crippen LogP contribution in [-0.4, -0.2) is 42.3 Å². The number of halogens is 1. The predicted octanol–water partition coefficient (Wildman–Crippen LogP) is 3.29. The van der Waals surface area contributed by atoms with Crippen LogP contribution in [0.4, 0.5) is 10.2 Å². The Morgan fingerprint density at radius 2 is 2.07 bits per heavy atom. The zero-order valence-corrected chi connectivity index (χ0v) is 16.5. The van der Waals surface area contributed by atoms with Gasteiger partial charge in [0, 0.05) is 13.1 Å². The molecule has 0 saturated carbocycles. The topological polar surface area (TPSA) is 80.5 Å². The molecule has 0 spiro atoms. The molecular weight excluding hydrogens is 387 g/mol. The largest absolute Gasteiger partial charge is 0.492 e. The fraction of sp³-hybridized carbons (Fsp3) is 0.318. The first-order valence-electron chi connectivity index (χ1n) is 9.98. The van der Waals surface area contributed by atoms with Crippen molar-refractivity contribution < 1.29 is 18.3 Å². The van der Waals surface area contributed by atoms with Crippen molar-refractivity contribution in [2.75, 3.05) is 31.1 Å². The molecule has 4 rings (SSSR count). The maximum atomic E-state index is 12.9. The van der Waals surface area contributed by atoms with Crippen LogP contribution in [0.1, 0.15) is 12.8 Å². The van der Waals surface area contributed by atoms with Crippen LogP contribution in [0, 0.1) is 11.7 Å². The molecule has 2 aromatic heterocycles. The van der Waals surface area contributed by atoms with E-state index in [1.54, 1.807) is 18.4 Å². The second-order valence-corrected chi connectivity index (χ2v) is 7.13. The lowest BCUT2D eigenvalue weighted by Crippen LogP contribution is -2.44. The Balaban J connectivity index is 1.25. The van der Waals surface area contributed by atoms with Crippen molar-refractivity contribution in [3.8, 4) is 17.2 Å². The highest BCUT2D eigenvalue weighted by Gasteiger charge is 2.26. The van der Waals surface area contributed by atoms with Gasteiger partial charge in [-0.25, -0.2) is 4.39 Å². The molecule has 0 radical (unpaired) electrons. The maximum absolute atomic E-state index is 12.9. The molecule has 1 atom stereocenters. The molecule has 1 aliphatic heterocycles. The average Bonchev–Trinajstić information content (AvgIpc) is 3.33. The molecule has 3 aromatic rings. The van der Waals surface area contributed by atoms with E-state index in [2.05, 4.69) is 20.4 Å². The van der Waals surface area contributed by atoms with Gasteiger partial charge in [0.15, 0.2) is 11.6 Å². The van der Waals surface area contributed by atoms with Gasteiger partial charge < -0.3 is 19.4 Å². The van der Waals surface area contributed by atoms with Crippen LogP contribution < -0.4 is 15.0 Å². The highest BCUT2D eigenvalue weighted by Crippen LogP contribution is 2.23. The number of benzene rings is 1. The Hall–Kier alpha value is -3.42. The van der Waals surface area contributed by atoms with E-state index in [9.17, 15) is 9.18 Å². The van der Waals surface area contributed by atoms with E-state index < -0.39 is 0 Å². The number of carbonyl (C=O) groups is 1. The minimum absolute atomic E-state index is 0.00238. The van der Waals surface area contributed by atoms with E-state index in [1.807, 2.05) is 24.3 Å². The van der Waals surface area contributed by atoms with Crippen LogP contribution >= 0.6 is 0 Å². The van der Waals surface area contributed by atoms with Crippen molar-refractivity contribution >= 4 is 11.7 Å². The average molecular weight is 410 g/mol. The van der Waals surface area contributed by atoms with Crippen molar-refractivity contribution in [2.45, 2.75) is 12.8 Å². The maximum Gasteiger partial charge on any atom is 0.225 e. The van der Waals surface area contributed by atoms with Crippen molar-refractivity contribution in [3.05, 3.63) is 60.6 Å². The number of nitrogens with zero attached hydrogens (tertiary/aromatic N) is 3. The molecule has 1 N–H and O–H groups in total. The van der Waals surface area contributed by atoms with Crippen LogP contribution in [0.25, 0.3) is 11.5 Å². The third-order valence-corrected chi connectivity index (χ3v) is 5.02. The van der Waals surface area contributed by atoms with E-state index in [-0.39, 0.29) is 17.6 Å². The third-order valence-electron chi connectivity index (χ3n) is 5.02. The molecule has 1 fully saturated rings. The summed E-state index contributed by atoms with van der Waals surface area (Å²) in [5.41, 5.74) is 0.677. The molecular formula is C22H23FN4O3. The Kier molecular flexibility index (Phi) is 6.22. The fourth-order valence-electron chi connectivity index (χ4n) is 3.47. The lowest BCUT2D eigenvalue weighted by molar-refractivity contribution is -0.125. The van der Waals surface area contributed by atoms with Crippen LogP contribution in [0.15, 0.2) is 59.2 Å². The van der Waals surface area contributed by atoms with E-state index in [4.69, 9.17) is 9.15 Å². The summed E-state index contributed by atoms with van der Waals surface area (Å²) >= 11 is 0. The molecule has 8 heteroatoms. The smallest absolute Gasteiger partial charge is 0.225 e. The van der Waals surface area contributed by atoms with Crippen molar-refractivity contribution in [3.63, 3.8) is 0 Å². The van der Waals surface area contributed by atoms with Gasteiger partial charge in [0.05, 0.1) is 18.7 Å². The summed E-state index contributed by atoms with van der Waals surface area (Å²) in [6.07, 6.45) is 3.34. The molecule has 1 aromatic carbocycles. The quantitative estimate of drug-likeness (QED) is 0.602. The fourth-order valence-corrected chi connectivity index (χ4v) is 3.47. The molecule has 1 saturated heterocycles. The molecule has 1 amide bonds. The number of hydrogen-bond donors (Lipinski definition) is 1. The Labute approximate surface area is 173 Å². The summed E-state index contributed by atoms with van der Waals surface area (Å²) in [5, 5.41) is 11.5. The Morgan fingerprint density at radius 3 is 2.80 bits per heavy atom. The van der Waals surface area contributed by atoms with Gasteiger partial charge in [-0.05, 0) is 61.4 Å². The first-order chi connectivity index (χ1) is 14.7. The molecule has 1 aliphatic rings. The number of rotatable bonds is 7. The second-order valence-electron chi connectivity index (χ2n) is 7.13. The standard InChI is InChI=1S/C22H23FN4O3/c23-17-5-7-18(8-6-17)29-14-11-24-22(28)16-3-1-12-27(15-16)21-10-9-19(25-26-21)20-4-2-13-30-20/h2,4-10,13,16H,1,3,11-12,14-15H2,(H,24,28)/t16-/m0/s1. The molecule has 0 bridgehead atoms. The summed E-state index contributed by atoms with van der Waals surface area (Å²) < 4.78 is 23.7. The Morgan fingerprint density at radius 1 is 1.20 bits per heavy atom. The van der Waals surface area contributed by atoms with Crippen LogP contribution in [0.3, 0.4) is 0 Å². The van der Waals surface area contributed by atoms with E-state index in [1.165, 1.54) is 12.1 Å². The first kappa shape index (κ1) is 19.9. The summed E-state index contributed by atoms with van der Waals surface area (Å²) in [6.45, 7) is 2.16. The van der Waals surface area contributed by atoms with Crippen LogP contribution in [0.2, 0.25) is 0 Å². The number of aromatic nitrogens is 2. The SMILES string of the molecule is O=C(NCCOc1ccc(F)cc1)[C@H]1CCCN(c2ccc(-c3ccco3)nn2)C1. The van der Waals surface area contributed by atoms with Crippen molar-refractivity contribution in [1.29, 1.82) is 0 Å². The zero-order valence-electron chi connectivity index (χ0n) is 16.5. The van der Waals surface area contributed by atoms with E-state index >= 15 is 0 Å². The molecule has 3 heterocycles. The van der Waals surface area contributed by atoms with Gasteiger partial charge in [-0.3, -0.25) is 4.79 Å². The number of ether oxygens (including phenoxy) is 1. The van der Waals surface area contributed by atoms with Crippen LogP contribution in [0.5, 0.6) is 5.75 Å². The van der Waals surface area contributed by atoms with Gasteiger partial charge in [-0.15, -0.1) is 10.2 Å². The van der Waals surface area contributed by atoms with Crippen molar-refractivity contribution in [2.24, 2.45) is 5.92 Å². The molecule has 7 nitrogen and oxygen atoms in total. The second kappa shape index (κ2) is 9.39. The summed E-state index contributed by atoms with van der Waals surface area (Å²) in [7, 11) is 0. The molecule has 30 heavy (non-hydrogen) atoms. The van der Waals surface area contributed by atoms with Gasteiger partial charge in [0.2, 0.25) is 5.91 Å². The van der Waals surface area contributed by atoms with E-state index in [0.717, 1.165) is 25.2 Å². The van der Waals surface area contributed by atoms with Crippen LogP contribution in [-0.2, 0) is 4.79 Å². The normalized spacial score (nSPS) is 16.3. The van der Waals surface area contributed by atoms with Gasteiger partial charge in [0.25, 0.3) is 0 Å². The van der Waals surface area contributed by atoms with Gasteiger partial charge in [-0.1, -0.05) is 0 Å². The predicted molar refractivity (Wildman–Crippen MR) is 110 cm³/mol. The number of hydrogen-bond acceptors (Lipinski definition) is 6. The minimum Gasteiger partial charge on any atom is -0.492 e. The Bertz CT molecular complexity index is 946.